The molecule has 0 radical (unpaired) electrons. The Morgan fingerprint density at radius 1 is 1.20 bits per heavy atom. The molecule has 0 bridgehead atoms. The van der Waals surface area contributed by atoms with Crippen molar-refractivity contribution in [2.24, 2.45) is 0 Å². The van der Waals surface area contributed by atoms with Gasteiger partial charge in [-0.1, -0.05) is 12.1 Å². The van der Waals surface area contributed by atoms with Crippen LogP contribution in [0.5, 0.6) is 0 Å². The van der Waals surface area contributed by atoms with E-state index in [-0.39, 0.29) is 5.69 Å². The van der Waals surface area contributed by atoms with Crippen LogP contribution in [-0.2, 0) is 6.18 Å². The fraction of sp³-hybridized carbons (Fsp3) is 0.400. The Hall–Kier alpha value is -0.840. The molecule has 1 nitrogen and oxygen atoms in total. The Labute approximate surface area is 92.1 Å². The average Bonchev–Trinajstić information content (AvgIpc) is 2.17. The quantitative estimate of drug-likeness (QED) is 0.601. The number of alkyl halides is 3. The van der Waals surface area contributed by atoms with Crippen molar-refractivity contribution in [2.45, 2.75) is 12.6 Å². The maximum atomic E-state index is 12.5. The molecule has 0 aromatic heterocycles. The van der Waals surface area contributed by atoms with E-state index in [1.807, 2.05) is 0 Å². The van der Waals surface area contributed by atoms with E-state index < -0.39 is 11.7 Å². The molecule has 0 atom stereocenters. The number of para-hydroxylation sites is 1. The van der Waals surface area contributed by atoms with Gasteiger partial charge in [-0.25, -0.2) is 0 Å². The molecular formula is C10H12F3NS. The molecule has 0 saturated carbocycles. The van der Waals surface area contributed by atoms with Crippen molar-refractivity contribution in [3.8, 4) is 0 Å². The molecule has 0 amide bonds. The largest absolute Gasteiger partial charge is 0.418 e. The molecule has 1 rings (SSSR count). The summed E-state index contributed by atoms with van der Waals surface area (Å²) in [6.45, 7) is 0.497. The second-order valence-corrected chi connectivity index (χ2v) is 3.49. The maximum absolute atomic E-state index is 12.5. The average molecular weight is 235 g/mol. The van der Waals surface area contributed by atoms with Gasteiger partial charge in [0, 0.05) is 12.2 Å². The van der Waals surface area contributed by atoms with Crippen molar-refractivity contribution < 1.29 is 13.2 Å². The summed E-state index contributed by atoms with van der Waals surface area (Å²) in [5.74, 6) is 0.654. The summed E-state index contributed by atoms with van der Waals surface area (Å²) in [6.07, 6.45) is -3.57. The van der Waals surface area contributed by atoms with Crippen LogP contribution in [0, 0.1) is 0 Å². The highest BCUT2D eigenvalue weighted by Gasteiger charge is 2.32. The molecule has 0 aliphatic rings. The van der Waals surface area contributed by atoms with Gasteiger partial charge in [0.1, 0.15) is 0 Å². The highest BCUT2D eigenvalue weighted by atomic mass is 32.1. The van der Waals surface area contributed by atoms with Crippen molar-refractivity contribution >= 4 is 18.3 Å². The zero-order chi connectivity index (χ0) is 11.3. The molecule has 0 heterocycles. The number of benzene rings is 1. The summed E-state index contributed by atoms with van der Waals surface area (Å²) >= 11 is 3.99. The molecule has 0 fully saturated rings. The van der Waals surface area contributed by atoms with Gasteiger partial charge in [-0.05, 0) is 24.3 Å². The number of nitrogens with one attached hydrogen (secondary N) is 1. The van der Waals surface area contributed by atoms with Gasteiger partial charge in [0.2, 0.25) is 0 Å². The minimum absolute atomic E-state index is 0.131. The zero-order valence-electron chi connectivity index (χ0n) is 8.01. The van der Waals surface area contributed by atoms with Gasteiger partial charge in [-0.2, -0.15) is 25.8 Å². The Kier molecular flexibility index (Phi) is 4.32. The lowest BCUT2D eigenvalue weighted by atomic mass is 10.1. The second-order valence-electron chi connectivity index (χ2n) is 3.05. The third kappa shape index (κ3) is 3.66. The van der Waals surface area contributed by atoms with Crippen LogP contribution in [0.4, 0.5) is 18.9 Å². The molecule has 15 heavy (non-hydrogen) atoms. The van der Waals surface area contributed by atoms with Crippen molar-refractivity contribution in [1.29, 1.82) is 0 Å². The SMILES string of the molecule is FC(F)(F)c1ccccc1NCCCS. The fourth-order valence-electron chi connectivity index (χ4n) is 1.19. The number of halogens is 3. The number of rotatable bonds is 4. The number of anilines is 1. The van der Waals surface area contributed by atoms with Crippen molar-refractivity contribution in [1.82, 2.24) is 0 Å². The van der Waals surface area contributed by atoms with Gasteiger partial charge in [0.25, 0.3) is 0 Å². The molecule has 1 aromatic carbocycles. The van der Waals surface area contributed by atoms with E-state index in [9.17, 15) is 13.2 Å². The van der Waals surface area contributed by atoms with Crippen LogP contribution in [-0.4, -0.2) is 12.3 Å². The summed E-state index contributed by atoms with van der Waals surface area (Å²) in [4.78, 5) is 0. The fourth-order valence-corrected chi connectivity index (χ4v) is 1.34. The van der Waals surface area contributed by atoms with Crippen LogP contribution in [0.2, 0.25) is 0 Å². The topological polar surface area (TPSA) is 12.0 Å². The van der Waals surface area contributed by atoms with Crippen LogP contribution in [0.3, 0.4) is 0 Å². The third-order valence-electron chi connectivity index (χ3n) is 1.88. The van der Waals surface area contributed by atoms with Crippen molar-refractivity contribution in [3.63, 3.8) is 0 Å². The Balaban J connectivity index is 2.78. The molecule has 5 heteroatoms. The van der Waals surface area contributed by atoms with E-state index in [0.717, 1.165) is 12.5 Å². The van der Waals surface area contributed by atoms with Gasteiger partial charge < -0.3 is 5.32 Å². The molecule has 1 N–H and O–H groups in total. The van der Waals surface area contributed by atoms with Crippen LogP contribution < -0.4 is 5.32 Å². The van der Waals surface area contributed by atoms with E-state index in [2.05, 4.69) is 17.9 Å². The highest BCUT2D eigenvalue weighted by Crippen LogP contribution is 2.34. The van der Waals surface area contributed by atoms with Crippen LogP contribution in [0.1, 0.15) is 12.0 Å². The lowest BCUT2D eigenvalue weighted by Crippen LogP contribution is -2.11. The molecule has 84 valence electrons. The van der Waals surface area contributed by atoms with Crippen LogP contribution in [0.25, 0.3) is 0 Å². The van der Waals surface area contributed by atoms with Gasteiger partial charge in [0.05, 0.1) is 5.56 Å². The zero-order valence-corrected chi connectivity index (χ0v) is 8.91. The van der Waals surface area contributed by atoms with E-state index in [0.29, 0.717) is 12.3 Å². The van der Waals surface area contributed by atoms with E-state index in [1.165, 1.54) is 12.1 Å². The first-order chi connectivity index (χ1) is 7.05. The summed E-state index contributed by atoms with van der Waals surface area (Å²) in [7, 11) is 0. The van der Waals surface area contributed by atoms with Crippen molar-refractivity contribution in [2.75, 3.05) is 17.6 Å². The summed E-state index contributed by atoms with van der Waals surface area (Å²) in [5, 5.41) is 2.75. The molecule has 1 aromatic rings. The summed E-state index contributed by atoms with van der Waals surface area (Å²) in [6, 6.07) is 5.47. The number of thiol groups is 1. The van der Waals surface area contributed by atoms with Gasteiger partial charge in [0.15, 0.2) is 0 Å². The normalized spacial score (nSPS) is 11.5. The Morgan fingerprint density at radius 2 is 1.87 bits per heavy atom. The minimum Gasteiger partial charge on any atom is -0.385 e. The van der Waals surface area contributed by atoms with Crippen molar-refractivity contribution in [3.05, 3.63) is 29.8 Å². The van der Waals surface area contributed by atoms with E-state index >= 15 is 0 Å². The predicted octanol–water partition coefficient (Wildman–Crippen LogP) is 3.44. The third-order valence-corrected chi connectivity index (χ3v) is 2.20. The first kappa shape index (κ1) is 12.2. The van der Waals surface area contributed by atoms with Crippen LogP contribution >= 0.6 is 12.6 Å². The monoisotopic (exact) mass is 235 g/mol. The summed E-state index contributed by atoms with van der Waals surface area (Å²) in [5.41, 5.74) is -0.490. The lowest BCUT2D eigenvalue weighted by molar-refractivity contribution is -0.136. The Bertz CT molecular complexity index is 312. The first-order valence-corrected chi connectivity index (χ1v) is 5.20. The van der Waals surface area contributed by atoms with Gasteiger partial charge in [-0.15, -0.1) is 0 Å². The minimum atomic E-state index is -4.30. The Morgan fingerprint density at radius 3 is 2.47 bits per heavy atom. The molecule has 0 aliphatic heterocycles. The lowest BCUT2D eigenvalue weighted by Gasteiger charge is -2.13. The van der Waals surface area contributed by atoms with E-state index in [1.54, 1.807) is 6.07 Å². The smallest absolute Gasteiger partial charge is 0.385 e. The van der Waals surface area contributed by atoms with Gasteiger partial charge >= 0.3 is 6.18 Å². The second kappa shape index (κ2) is 5.30. The number of hydrogen-bond acceptors (Lipinski definition) is 2. The van der Waals surface area contributed by atoms with Gasteiger partial charge in [-0.3, -0.25) is 0 Å². The highest BCUT2D eigenvalue weighted by molar-refractivity contribution is 7.80. The summed E-state index contributed by atoms with van der Waals surface area (Å²) < 4.78 is 37.5. The molecular weight excluding hydrogens is 223 g/mol. The molecule has 0 unspecified atom stereocenters. The predicted molar refractivity (Wildman–Crippen MR) is 58.4 cm³/mol. The molecule has 0 spiro atoms. The number of hydrogen-bond donors (Lipinski definition) is 2. The maximum Gasteiger partial charge on any atom is 0.418 e. The molecule has 0 aliphatic carbocycles. The van der Waals surface area contributed by atoms with E-state index in [4.69, 9.17) is 0 Å². The van der Waals surface area contributed by atoms with Crippen LogP contribution in [0.15, 0.2) is 24.3 Å². The standard InChI is InChI=1S/C10H12F3NS/c11-10(12,13)8-4-1-2-5-9(8)14-6-3-7-15/h1-2,4-5,14-15H,3,6-7H2. The first-order valence-electron chi connectivity index (χ1n) is 4.56. The molecule has 0 saturated heterocycles.